The first kappa shape index (κ1) is 17.6. The summed E-state index contributed by atoms with van der Waals surface area (Å²) in [6, 6.07) is 9.77. The summed E-state index contributed by atoms with van der Waals surface area (Å²) in [4.78, 5) is 23.9. The number of nitrogens with one attached hydrogen (secondary N) is 1. The number of carbonyl (C=O) groups is 2. The minimum absolute atomic E-state index is 0.153. The third kappa shape index (κ3) is 4.39. The topological polar surface area (TPSA) is 90.6 Å². The molecule has 24 heavy (non-hydrogen) atoms. The molecule has 0 bridgehead atoms. The van der Waals surface area contributed by atoms with Crippen LogP contribution in [0.5, 0.6) is 5.75 Å². The van der Waals surface area contributed by atoms with E-state index in [0.29, 0.717) is 16.5 Å². The average Bonchev–Trinajstić information content (AvgIpc) is 2.53. The van der Waals surface area contributed by atoms with Gasteiger partial charge in [-0.1, -0.05) is 17.7 Å². The molecule has 6 nitrogen and oxygen atoms in total. The molecule has 7 heteroatoms. The Morgan fingerprint density at radius 2 is 1.96 bits per heavy atom. The van der Waals surface area contributed by atoms with Gasteiger partial charge in [-0.15, -0.1) is 0 Å². The van der Waals surface area contributed by atoms with E-state index in [1.165, 1.54) is 25.3 Å². The van der Waals surface area contributed by atoms with Crippen molar-refractivity contribution < 1.29 is 19.1 Å². The molecule has 126 valence electrons. The van der Waals surface area contributed by atoms with Crippen LogP contribution < -0.4 is 15.8 Å². The largest absolute Gasteiger partial charge is 0.495 e. The number of esters is 1. The number of aryl methyl sites for hydroxylation is 1. The fraction of sp³-hybridized carbons (Fsp3) is 0.176. The molecular weight excluding hydrogens is 332 g/mol. The van der Waals surface area contributed by atoms with Crippen molar-refractivity contribution in [3.63, 3.8) is 0 Å². The summed E-state index contributed by atoms with van der Waals surface area (Å²) >= 11 is 5.77. The van der Waals surface area contributed by atoms with Gasteiger partial charge in [-0.25, -0.2) is 4.79 Å². The average molecular weight is 349 g/mol. The van der Waals surface area contributed by atoms with E-state index >= 15 is 0 Å². The summed E-state index contributed by atoms with van der Waals surface area (Å²) in [5.41, 5.74) is 7.51. The highest BCUT2D eigenvalue weighted by atomic mass is 35.5. The summed E-state index contributed by atoms with van der Waals surface area (Å²) in [7, 11) is 1.50. The number of rotatable bonds is 5. The van der Waals surface area contributed by atoms with E-state index in [-0.39, 0.29) is 11.3 Å². The Kier molecular flexibility index (Phi) is 5.65. The monoisotopic (exact) mass is 348 g/mol. The van der Waals surface area contributed by atoms with Gasteiger partial charge in [0.2, 0.25) is 0 Å². The fourth-order valence-corrected chi connectivity index (χ4v) is 2.21. The van der Waals surface area contributed by atoms with Crippen molar-refractivity contribution in [2.24, 2.45) is 0 Å². The Labute approximate surface area is 144 Å². The van der Waals surface area contributed by atoms with Crippen molar-refractivity contribution in [2.75, 3.05) is 24.8 Å². The summed E-state index contributed by atoms with van der Waals surface area (Å²) in [6.07, 6.45) is 0. The number of nitrogens with two attached hydrogens (primary N) is 1. The quantitative estimate of drug-likeness (QED) is 0.640. The van der Waals surface area contributed by atoms with Gasteiger partial charge in [0.05, 0.1) is 18.4 Å². The third-order valence-corrected chi connectivity index (χ3v) is 3.43. The van der Waals surface area contributed by atoms with Crippen LogP contribution in [0.25, 0.3) is 0 Å². The number of anilines is 2. The van der Waals surface area contributed by atoms with Gasteiger partial charge in [0.1, 0.15) is 5.75 Å². The summed E-state index contributed by atoms with van der Waals surface area (Å²) < 4.78 is 10.1. The number of hydrogen-bond acceptors (Lipinski definition) is 5. The van der Waals surface area contributed by atoms with E-state index in [9.17, 15) is 9.59 Å². The summed E-state index contributed by atoms with van der Waals surface area (Å²) in [5, 5.41) is 3.05. The van der Waals surface area contributed by atoms with Crippen LogP contribution in [0.3, 0.4) is 0 Å². The van der Waals surface area contributed by atoms with Gasteiger partial charge >= 0.3 is 5.97 Å². The zero-order valence-corrected chi connectivity index (χ0v) is 14.0. The molecule has 2 aromatic carbocycles. The van der Waals surface area contributed by atoms with Crippen LogP contribution in [0, 0.1) is 6.92 Å². The number of ether oxygens (including phenoxy) is 2. The molecule has 0 spiro atoms. The molecule has 0 unspecified atom stereocenters. The van der Waals surface area contributed by atoms with Crippen molar-refractivity contribution in [3.05, 3.63) is 52.5 Å². The van der Waals surface area contributed by atoms with Crippen LogP contribution in [0.1, 0.15) is 15.9 Å². The van der Waals surface area contributed by atoms with Gasteiger partial charge in [0.15, 0.2) is 6.61 Å². The van der Waals surface area contributed by atoms with Gasteiger partial charge in [-0.3, -0.25) is 4.79 Å². The number of hydrogen-bond donors (Lipinski definition) is 2. The first-order chi connectivity index (χ1) is 11.4. The maximum atomic E-state index is 12.0. The van der Waals surface area contributed by atoms with Crippen molar-refractivity contribution in [1.29, 1.82) is 0 Å². The second-order valence-electron chi connectivity index (χ2n) is 5.06. The molecule has 0 saturated carbocycles. The maximum absolute atomic E-state index is 12.0. The molecule has 0 radical (unpaired) electrons. The molecule has 0 saturated heterocycles. The van der Waals surface area contributed by atoms with Crippen molar-refractivity contribution in [1.82, 2.24) is 0 Å². The zero-order chi connectivity index (χ0) is 17.7. The zero-order valence-electron chi connectivity index (χ0n) is 13.3. The van der Waals surface area contributed by atoms with Crippen LogP contribution in [-0.4, -0.2) is 25.6 Å². The normalized spacial score (nSPS) is 10.1. The highest BCUT2D eigenvalue weighted by Gasteiger charge is 2.14. The second kappa shape index (κ2) is 7.70. The van der Waals surface area contributed by atoms with E-state index in [4.69, 9.17) is 26.8 Å². The molecule has 2 aromatic rings. The van der Waals surface area contributed by atoms with Crippen LogP contribution in [0.15, 0.2) is 36.4 Å². The summed E-state index contributed by atoms with van der Waals surface area (Å²) in [5.74, 6) is -0.669. The number of amides is 1. The molecule has 1 amide bonds. The van der Waals surface area contributed by atoms with Crippen LogP contribution >= 0.6 is 11.6 Å². The van der Waals surface area contributed by atoms with E-state index < -0.39 is 18.5 Å². The Balaban J connectivity index is 1.98. The van der Waals surface area contributed by atoms with Gasteiger partial charge < -0.3 is 20.5 Å². The Hall–Kier alpha value is -2.73. The standard InChI is InChI=1S/C17H17ClN2O4/c1-10-3-6-15(23-2)14(7-10)20-16(21)9-24-17(22)12-5-4-11(18)8-13(12)19/h3-8H,9,19H2,1-2H3,(H,20,21). The molecule has 0 atom stereocenters. The highest BCUT2D eigenvalue weighted by molar-refractivity contribution is 6.31. The number of nitrogen functional groups attached to an aromatic ring is 1. The molecule has 0 aliphatic heterocycles. The minimum atomic E-state index is -0.699. The van der Waals surface area contributed by atoms with Gasteiger partial charge in [0, 0.05) is 10.7 Å². The first-order valence-electron chi connectivity index (χ1n) is 7.07. The molecule has 0 fully saturated rings. The van der Waals surface area contributed by atoms with Gasteiger partial charge in [-0.05, 0) is 42.8 Å². The van der Waals surface area contributed by atoms with Gasteiger partial charge in [0.25, 0.3) is 5.91 Å². The van der Waals surface area contributed by atoms with Crippen molar-refractivity contribution in [3.8, 4) is 5.75 Å². The SMILES string of the molecule is COc1ccc(C)cc1NC(=O)COC(=O)c1ccc(Cl)cc1N. The molecule has 0 aromatic heterocycles. The van der Waals surface area contributed by atoms with Crippen LogP contribution in [0.4, 0.5) is 11.4 Å². The van der Waals surface area contributed by atoms with E-state index in [0.717, 1.165) is 5.56 Å². The fourth-order valence-electron chi connectivity index (χ4n) is 2.03. The smallest absolute Gasteiger partial charge is 0.340 e. The third-order valence-electron chi connectivity index (χ3n) is 3.20. The second-order valence-corrected chi connectivity index (χ2v) is 5.50. The Morgan fingerprint density at radius 3 is 2.62 bits per heavy atom. The number of benzene rings is 2. The summed E-state index contributed by atoms with van der Waals surface area (Å²) in [6.45, 7) is 1.44. The molecule has 0 aliphatic carbocycles. The van der Waals surface area contributed by atoms with Crippen LogP contribution in [-0.2, 0) is 9.53 Å². The lowest BCUT2D eigenvalue weighted by Crippen LogP contribution is -2.21. The number of carbonyl (C=O) groups excluding carboxylic acids is 2. The Bertz CT molecular complexity index is 777. The van der Waals surface area contributed by atoms with Crippen LogP contribution in [0.2, 0.25) is 5.02 Å². The lowest BCUT2D eigenvalue weighted by Gasteiger charge is -2.11. The van der Waals surface area contributed by atoms with Crippen molar-refractivity contribution >= 4 is 34.9 Å². The maximum Gasteiger partial charge on any atom is 0.340 e. The van der Waals surface area contributed by atoms with E-state index in [1.807, 2.05) is 13.0 Å². The number of halogens is 1. The Morgan fingerprint density at radius 1 is 1.21 bits per heavy atom. The minimum Gasteiger partial charge on any atom is -0.495 e. The molecule has 2 rings (SSSR count). The van der Waals surface area contributed by atoms with Crippen molar-refractivity contribution in [2.45, 2.75) is 6.92 Å². The molecular formula is C17H17ClN2O4. The first-order valence-corrected chi connectivity index (χ1v) is 7.45. The lowest BCUT2D eigenvalue weighted by atomic mass is 10.2. The predicted octanol–water partition coefficient (Wildman–Crippen LogP) is 3.03. The molecule has 0 aliphatic rings. The van der Waals surface area contributed by atoms with Gasteiger partial charge in [-0.2, -0.15) is 0 Å². The molecule has 3 N–H and O–H groups in total. The van der Waals surface area contributed by atoms with E-state index in [1.54, 1.807) is 12.1 Å². The lowest BCUT2D eigenvalue weighted by molar-refractivity contribution is -0.119. The number of methoxy groups -OCH3 is 1. The molecule has 0 heterocycles. The predicted molar refractivity (Wildman–Crippen MR) is 92.5 cm³/mol. The highest BCUT2D eigenvalue weighted by Crippen LogP contribution is 2.25. The van der Waals surface area contributed by atoms with E-state index in [2.05, 4.69) is 5.32 Å².